The van der Waals surface area contributed by atoms with E-state index in [0.717, 1.165) is 13.0 Å². The van der Waals surface area contributed by atoms with Crippen LogP contribution >= 0.6 is 0 Å². The molecule has 2 amide bonds. The summed E-state index contributed by atoms with van der Waals surface area (Å²) in [6.07, 6.45) is 8.42. The van der Waals surface area contributed by atoms with Crippen molar-refractivity contribution in [2.24, 2.45) is 0 Å². The molecule has 6 aliphatic heterocycles. The van der Waals surface area contributed by atoms with E-state index in [4.69, 9.17) is 35.3 Å². The van der Waals surface area contributed by atoms with Crippen molar-refractivity contribution >= 4 is 56.4 Å². The van der Waals surface area contributed by atoms with Crippen molar-refractivity contribution in [1.82, 2.24) is 39.6 Å². The van der Waals surface area contributed by atoms with Crippen LogP contribution in [-0.2, 0) is 44.4 Å². The van der Waals surface area contributed by atoms with Crippen LogP contribution < -0.4 is 25.2 Å². The number of anilines is 1. The van der Waals surface area contributed by atoms with Gasteiger partial charge in [-0.05, 0) is 92.1 Å². The van der Waals surface area contributed by atoms with E-state index in [1.807, 2.05) is 4.90 Å². The number of cyclic esters (lactones) is 1. The molecule has 6 aliphatic rings. The van der Waals surface area contributed by atoms with Crippen molar-refractivity contribution in [2.75, 3.05) is 57.5 Å². The van der Waals surface area contributed by atoms with Gasteiger partial charge in [-0.1, -0.05) is 25.5 Å². The number of alkyl carbamates (subject to hydrolysis) is 1. The van der Waals surface area contributed by atoms with Gasteiger partial charge in [0.15, 0.2) is 11.4 Å². The molecule has 0 spiro atoms. The molecule has 5 atom stereocenters. The van der Waals surface area contributed by atoms with Crippen LogP contribution in [0, 0.1) is 24.0 Å². The van der Waals surface area contributed by atoms with Gasteiger partial charge in [-0.15, -0.1) is 6.42 Å². The van der Waals surface area contributed by atoms with E-state index in [0.29, 0.717) is 69.6 Å². The number of benzene rings is 3. The first-order chi connectivity index (χ1) is 40.5. The highest BCUT2D eigenvalue weighted by atomic mass is 19.1. The van der Waals surface area contributed by atoms with Gasteiger partial charge in [-0.25, -0.2) is 27.7 Å². The smallest absolute Gasteiger partial charge is 0.407 e. The Morgan fingerprint density at radius 3 is 2.58 bits per heavy atom. The lowest BCUT2D eigenvalue weighted by atomic mass is 9.86. The number of rotatable bonds is 14. The number of aliphatic hydroxyl groups is 2. The Morgan fingerprint density at radius 1 is 1.00 bits per heavy atom. The molecule has 0 saturated carbocycles. The highest BCUT2D eigenvalue weighted by Gasteiger charge is 2.50. The molecule has 4 fully saturated rings. The van der Waals surface area contributed by atoms with Crippen molar-refractivity contribution in [3.8, 4) is 52.5 Å². The molecule has 0 aliphatic carbocycles. The number of hydrogen-bond acceptors (Lipinski definition) is 17. The number of hydrogen-bond donors (Lipinski definition) is 4. The molecule has 20 nitrogen and oxygen atoms in total. The van der Waals surface area contributed by atoms with E-state index >= 15 is 8.78 Å². The summed E-state index contributed by atoms with van der Waals surface area (Å²) in [6, 6.07) is 11.1. The Bertz CT molecular complexity index is 4090. The van der Waals surface area contributed by atoms with Gasteiger partial charge >= 0.3 is 18.1 Å². The largest absolute Gasteiger partial charge is 0.508 e. The number of aliphatic hydroxyl groups excluding tert-OH is 1. The monoisotopic (exact) mass is 1150 g/mol. The number of aromatic nitrogens is 5. The van der Waals surface area contributed by atoms with Crippen molar-refractivity contribution in [2.45, 2.75) is 94.5 Å². The normalized spacial score (nSPS) is 22.2. The predicted octanol–water partition coefficient (Wildman–Crippen LogP) is 6.19. The van der Waals surface area contributed by atoms with E-state index in [9.17, 15) is 38.9 Å². The number of phenols is 1. The van der Waals surface area contributed by atoms with Crippen LogP contribution in [0.15, 0.2) is 71.7 Å². The standard InChI is InChI=1S/C61H56F3N9O11/c1-4-38-46(63)11-7-32-17-36(75)18-40(49(32)38)52-50(64)53-42(23-65-52)54(69-58(68-53)84-30-60-13-6-14-71(60)24-33(62)21-60)70-25-34-8-9-35(26-70)73(34)55(76)31(3)28-82-37-10-12-47-39(19-37)41(22-66-59(79)81-16-15-74)43-27-72-48(51(43)67-47)20-45-44(56(72)77)29-83-57(78)61(45,80)5-2/h1,7,10-12,17-20,23,33-35,74-75,80H,3,5-6,8-9,13-16,21-22,24-30H2,2H3,(H,66,79). The van der Waals surface area contributed by atoms with Crippen molar-refractivity contribution in [3.63, 3.8) is 0 Å². The van der Waals surface area contributed by atoms with Gasteiger partial charge in [0.05, 0.1) is 64.2 Å². The number of halogens is 3. The minimum absolute atomic E-state index is 0.0289. The first kappa shape index (κ1) is 54.4. The van der Waals surface area contributed by atoms with E-state index in [-0.39, 0.29) is 158 Å². The van der Waals surface area contributed by atoms with Crippen LogP contribution in [0.1, 0.15) is 73.3 Å². The fourth-order valence-electron chi connectivity index (χ4n) is 13.5. The van der Waals surface area contributed by atoms with Gasteiger partial charge in [0, 0.05) is 71.8 Å². The molecular weight excluding hydrogens is 1090 g/mol. The zero-order valence-corrected chi connectivity index (χ0v) is 45.6. The summed E-state index contributed by atoms with van der Waals surface area (Å²) in [7, 11) is 0. The number of fused-ring (bicyclic) bond motifs is 10. The third-order valence-electron chi connectivity index (χ3n) is 17.6. The highest BCUT2D eigenvalue weighted by Crippen LogP contribution is 2.45. The van der Waals surface area contributed by atoms with Crippen molar-refractivity contribution in [1.29, 1.82) is 0 Å². The summed E-state index contributed by atoms with van der Waals surface area (Å²) in [5.41, 5.74) is -0.805. The average molecular weight is 1150 g/mol. The van der Waals surface area contributed by atoms with Crippen LogP contribution in [-0.4, -0.2) is 144 Å². The molecule has 23 heteroatoms. The number of nitrogens with one attached hydrogen (secondary N) is 1. The van der Waals surface area contributed by atoms with E-state index in [1.54, 1.807) is 36.1 Å². The summed E-state index contributed by atoms with van der Waals surface area (Å²) < 4.78 is 72.0. The molecule has 5 unspecified atom stereocenters. The van der Waals surface area contributed by atoms with Gasteiger partial charge < -0.3 is 54.0 Å². The minimum Gasteiger partial charge on any atom is -0.508 e. The first-order valence-corrected chi connectivity index (χ1v) is 27.8. The average Bonchev–Trinajstić information content (AvgIpc) is 1.73. The molecule has 84 heavy (non-hydrogen) atoms. The van der Waals surface area contributed by atoms with Crippen molar-refractivity contribution in [3.05, 3.63) is 117 Å². The number of ether oxygens (including phenoxy) is 4. The number of esters is 1. The number of alkyl halides is 1. The van der Waals surface area contributed by atoms with Crippen LogP contribution in [0.3, 0.4) is 0 Å². The summed E-state index contributed by atoms with van der Waals surface area (Å²) in [4.78, 5) is 79.0. The van der Waals surface area contributed by atoms with Crippen molar-refractivity contribution < 1.29 is 61.8 Å². The summed E-state index contributed by atoms with van der Waals surface area (Å²) >= 11 is 0. The minimum atomic E-state index is -2.04. The predicted molar refractivity (Wildman–Crippen MR) is 299 cm³/mol. The summed E-state index contributed by atoms with van der Waals surface area (Å²) in [6.45, 7) is 6.14. The zero-order valence-electron chi connectivity index (χ0n) is 45.6. The van der Waals surface area contributed by atoms with Crippen LogP contribution in [0.25, 0.3) is 55.2 Å². The van der Waals surface area contributed by atoms with E-state index in [1.165, 1.54) is 35.0 Å². The number of carbonyl (C=O) groups is 3. The number of nitrogens with zero attached hydrogens (tertiary/aromatic N) is 8. The molecule has 10 heterocycles. The van der Waals surface area contributed by atoms with Crippen LogP contribution in [0.2, 0.25) is 0 Å². The number of terminal acetylenes is 1. The second kappa shape index (κ2) is 20.8. The van der Waals surface area contributed by atoms with E-state index in [2.05, 4.69) is 32.7 Å². The molecule has 0 radical (unpaired) electrons. The Labute approximate surface area is 477 Å². The summed E-state index contributed by atoms with van der Waals surface area (Å²) in [5, 5.41) is 35.5. The fraction of sp³-hybridized carbons (Fsp3) is 0.377. The number of pyridine rings is 3. The number of amides is 2. The van der Waals surface area contributed by atoms with Gasteiger partial charge in [-0.3, -0.25) is 19.5 Å². The lowest BCUT2D eigenvalue weighted by Crippen LogP contribution is -2.56. The van der Waals surface area contributed by atoms with Crippen LogP contribution in [0.5, 0.6) is 17.5 Å². The molecule has 2 bridgehead atoms. The first-order valence-electron chi connectivity index (χ1n) is 27.8. The molecule has 4 N–H and O–H groups in total. The molecule has 7 aromatic rings. The third kappa shape index (κ3) is 8.87. The topological polar surface area (TPSA) is 244 Å². The lowest BCUT2D eigenvalue weighted by Gasteiger charge is -2.42. The fourth-order valence-corrected chi connectivity index (χ4v) is 13.5. The lowest BCUT2D eigenvalue weighted by molar-refractivity contribution is -0.172. The Balaban J connectivity index is 0.776. The number of aromatic hydroxyl groups is 1. The zero-order chi connectivity index (χ0) is 58.5. The molecular formula is C61H56F3N9O11. The summed E-state index contributed by atoms with van der Waals surface area (Å²) in [5.74, 6) is -0.0445. The van der Waals surface area contributed by atoms with Gasteiger partial charge in [0.25, 0.3) is 11.5 Å². The molecule has 3 aromatic carbocycles. The van der Waals surface area contributed by atoms with E-state index < -0.39 is 46.6 Å². The van der Waals surface area contributed by atoms with Gasteiger partial charge in [0.2, 0.25) is 0 Å². The van der Waals surface area contributed by atoms with Crippen LogP contribution in [0.4, 0.5) is 23.8 Å². The van der Waals surface area contributed by atoms with Gasteiger partial charge in [-0.2, -0.15) is 9.97 Å². The number of phenolic OH excluding ortho intramolecular Hbond substituents is 1. The maximum Gasteiger partial charge on any atom is 0.407 e. The Hall–Kier alpha value is -8.85. The quantitative estimate of drug-likeness (QED) is 0.0539. The molecule has 432 valence electrons. The molecule has 4 aromatic heterocycles. The molecule has 4 saturated heterocycles. The second-order valence-corrected chi connectivity index (χ2v) is 22.3. The number of piperazine rings is 1. The second-order valence-electron chi connectivity index (χ2n) is 22.3. The Morgan fingerprint density at radius 2 is 1.81 bits per heavy atom. The SMILES string of the molecule is C#Cc1c(F)ccc2cc(O)cc(-c3ncc4c(N5CC6CCC(C5)N6C(=O)C(=C)COc5ccc6nc7c(c(CNC(=O)OCCO)c6c5)Cn5c-7cc6c(c5=O)COC(=O)C6(O)CC)nc(OCC56CCCN5CC(F)C6)nc4c3F)c12. The van der Waals surface area contributed by atoms with Gasteiger partial charge in [0.1, 0.15) is 66.9 Å². The maximum absolute atomic E-state index is 17.5. The number of carbonyl (C=O) groups excluding carboxylic acids is 3. The Kier molecular flexibility index (Phi) is 13.5. The third-order valence-corrected chi connectivity index (χ3v) is 17.6. The highest BCUT2D eigenvalue weighted by molar-refractivity contribution is 6.03. The molecule has 13 rings (SSSR count). The maximum atomic E-state index is 17.5.